The molecular formula is C9H16O2. The lowest BCUT2D eigenvalue weighted by molar-refractivity contribution is -0.122. The summed E-state index contributed by atoms with van der Waals surface area (Å²) >= 11 is 0. The molecule has 0 saturated heterocycles. The lowest BCUT2D eigenvalue weighted by atomic mass is 10.2. The Hall–Kier alpha value is -0.500. The van der Waals surface area contributed by atoms with Gasteiger partial charge >= 0.3 is 0 Å². The first-order valence-electron chi connectivity index (χ1n) is 4.21. The molecule has 2 nitrogen and oxygen atoms in total. The summed E-state index contributed by atoms with van der Waals surface area (Å²) in [6.45, 7) is 5.07. The van der Waals surface area contributed by atoms with E-state index in [2.05, 4.69) is 13.8 Å². The highest BCUT2D eigenvalue weighted by molar-refractivity contribution is 4.79. The predicted octanol–water partition coefficient (Wildman–Crippen LogP) is 2.31. The Balaban J connectivity index is 2.11. The van der Waals surface area contributed by atoms with E-state index < -0.39 is 0 Å². The van der Waals surface area contributed by atoms with Gasteiger partial charge in [0, 0.05) is 6.42 Å². The van der Waals surface area contributed by atoms with Crippen LogP contribution in [0.2, 0.25) is 0 Å². The Bertz CT molecular complexity index is 130. The zero-order valence-corrected chi connectivity index (χ0v) is 7.25. The van der Waals surface area contributed by atoms with Crippen molar-refractivity contribution in [3.05, 3.63) is 12.3 Å². The quantitative estimate of drug-likeness (QED) is 0.624. The molecule has 1 unspecified atom stereocenters. The minimum absolute atomic E-state index is 0.00222. The van der Waals surface area contributed by atoms with Crippen LogP contribution < -0.4 is 0 Å². The van der Waals surface area contributed by atoms with E-state index in [1.165, 1.54) is 0 Å². The fourth-order valence-electron chi connectivity index (χ4n) is 0.934. The first kappa shape index (κ1) is 8.60. The van der Waals surface area contributed by atoms with E-state index in [1.54, 1.807) is 6.26 Å². The molecule has 0 aromatic heterocycles. The summed E-state index contributed by atoms with van der Waals surface area (Å²) in [5, 5.41) is 0. The summed E-state index contributed by atoms with van der Waals surface area (Å²) in [7, 11) is 0. The maximum atomic E-state index is 5.47. The third-order valence-electron chi connectivity index (χ3n) is 1.51. The van der Waals surface area contributed by atoms with E-state index in [4.69, 9.17) is 9.47 Å². The Morgan fingerprint density at radius 2 is 2.45 bits per heavy atom. The van der Waals surface area contributed by atoms with Gasteiger partial charge < -0.3 is 9.47 Å². The van der Waals surface area contributed by atoms with Crippen molar-refractivity contribution in [2.45, 2.75) is 33.0 Å². The number of hydrogen-bond donors (Lipinski definition) is 0. The molecule has 0 amide bonds. The Kier molecular flexibility index (Phi) is 3.43. The molecule has 0 bridgehead atoms. The third-order valence-corrected chi connectivity index (χ3v) is 1.51. The topological polar surface area (TPSA) is 18.5 Å². The Morgan fingerprint density at radius 1 is 1.64 bits per heavy atom. The minimum Gasteiger partial charge on any atom is -0.473 e. The van der Waals surface area contributed by atoms with Crippen LogP contribution in [-0.2, 0) is 9.47 Å². The maximum absolute atomic E-state index is 5.47. The van der Waals surface area contributed by atoms with Gasteiger partial charge in [-0.15, -0.1) is 0 Å². The molecule has 0 fully saturated rings. The highest BCUT2D eigenvalue weighted by atomic mass is 16.7. The summed E-state index contributed by atoms with van der Waals surface area (Å²) in [5.41, 5.74) is 0. The number of rotatable bonds is 3. The molecule has 11 heavy (non-hydrogen) atoms. The lowest BCUT2D eigenvalue weighted by Gasteiger charge is -2.20. The van der Waals surface area contributed by atoms with E-state index in [9.17, 15) is 0 Å². The molecule has 64 valence electrons. The average Bonchev–Trinajstić information content (AvgIpc) is 2.03. The van der Waals surface area contributed by atoms with Crippen molar-refractivity contribution in [3.63, 3.8) is 0 Å². The van der Waals surface area contributed by atoms with Crippen molar-refractivity contribution >= 4 is 0 Å². The highest BCUT2D eigenvalue weighted by Gasteiger charge is 2.10. The smallest absolute Gasteiger partial charge is 0.199 e. The van der Waals surface area contributed by atoms with Gasteiger partial charge in [0.1, 0.15) is 0 Å². The van der Waals surface area contributed by atoms with Gasteiger partial charge in [-0.3, -0.25) is 0 Å². The van der Waals surface area contributed by atoms with Crippen molar-refractivity contribution in [3.8, 4) is 0 Å². The van der Waals surface area contributed by atoms with Gasteiger partial charge in [-0.1, -0.05) is 13.8 Å². The Labute approximate surface area is 68.2 Å². The summed E-state index contributed by atoms with van der Waals surface area (Å²) in [6, 6.07) is 0. The molecule has 2 heteroatoms. The van der Waals surface area contributed by atoms with E-state index in [1.807, 2.05) is 6.08 Å². The monoisotopic (exact) mass is 156 g/mol. The van der Waals surface area contributed by atoms with Crippen molar-refractivity contribution in [2.75, 3.05) is 6.61 Å². The van der Waals surface area contributed by atoms with Crippen molar-refractivity contribution in [2.24, 2.45) is 5.92 Å². The number of allylic oxidation sites excluding steroid dienone is 1. The van der Waals surface area contributed by atoms with E-state index in [-0.39, 0.29) is 6.29 Å². The van der Waals surface area contributed by atoms with Crippen LogP contribution in [0.3, 0.4) is 0 Å². The standard InChI is InChI=1S/C9H16O2/c1-8(2)7-11-9-5-3-4-6-10-9/h4,6,8-9H,3,5,7H2,1-2H3. The van der Waals surface area contributed by atoms with Crippen LogP contribution in [0.4, 0.5) is 0 Å². The fraction of sp³-hybridized carbons (Fsp3) is 0.778. The first-order valence-corrected chi connectivity index (χ1v) is 4.21. The second-order valence-corrected chi connectivity index (χ2v) is 3.24. The van der Waals surface area contributed by atoms with Crippen molar-refractivity contribution < 1.29 is 9.47 Å². The van der Waals surface area contributed by atoms with Crippen LogP contribution in [0.25, 0.3) is 0 Å². The van der Waals surface area contributed by atoms with E-state index in [0.29, 0.717) is 5.92 Å². The van der Waals surface area contributed by atoms with Crippen LogP contribution >= 0.6 is 0 Å². The largest absolute Gasteiger partial charge is 0.473 e. The van der Waals surface area contributed by atoms with Gasteiger partial charge in [0.2, 0.25) is 0 Å². The van der Waals surface area contributed by atoms with Crippen molar-refractivity contribution in [1.29, 1.82) is 0 Å². The van der Waals surface area contributed by atoms with Gasteiger partial charge in [0.05, 0.1) is 12.9 Å². The molecule has 0 saturated carbocycles. The van der Waals surface area contributed by atoms with Crippen LogP contribution in [0.15, 0.2) is 12.3 Å². The molecule has 1 heterocycles. The van der Waals surface area contributed by atoms with Gasteiger partial charge in [-0.25, -0.2) is 0 Å². The van der Waals surface area contributed by atoms with Crippen molar-refractivity contribution in [1.82, 2.24) is 0 Å². The molecule has 0 N–H and O–H groups in total. The predicted molar refractivity (Wildman–Crippen MR) is 44.0 cm³/mol. The Morgan fingerprint density at radius 3 is 3.00 bits per heavy atom. The van der Waals surface area contributed by atoms with Crippen LogP contribution in [-0.4, -0.2) is 12.9 Å². The normalized spacial score (nSPS) is 23.7. The summed E-state index contributed by atoms with van der Waals surface area (Å²) < 4.78 is 10.7. The zero-order valence-electron chi connectivity index (χ0n) is 7.25. The van der Waals surface area contributed by atoms with Crippen LogP contribution in [0.5, 0.6) is 0 Å². The van der Waals surface area contributed by atoms with Gasteiger partial charge in [-0.05, 0) is 18.4 Å². The SMILES string of the molecule is CC(C)COC1CCC=CO1. The van der Waals surface area contributed by atoms with Gasteiger partial charge in [0.25, 0.3) is 0 Å². The third kappa shape index (κ3) is 3.42. The minimum atomic E-state index is 0.00222. The number of ether oxygens (including phenoxy) is 2. The second-order valence-electron chi connectivity index (χ2n) is 3.24. The molecule has 0 radical (unpaired) electrons. The molecule has 0 spiro atoms. The summed E-state index contributed by atoms with van der Waals surface area (Å²) in [6.07, 6.45) is 5.82. The first-order chi connectivity index (χ1) is 5.29. The molecule has 1 aliphatic rings. The molecule has 1 atom stereocenters. The average molecular weight is 156 g/mol. The molecule has 1 rings (SSSR count). The fourth-order valence-corrected chi connectivity index (χ4v) is 0.934. The maximum Gasteiger partial charge on any atom is 0.199 e. The second kappa shape index (κ2) is 4.39. The molecule has 0 aromatic carbocycles. The van der Waals surface area contributed by atoms with Crippen LogP contribution in [0, 0.1) is 5.92 Å². The van der Waals surface area contributed by atoms with Gasteiger partial charge in [-0.2, -0.15) is 0 Å². The van der Waals surface area contributed by atoms with E-state index >= 15 is 0 Å². The molecule has 0 aromatic rings. The summed E-state index contributed by atoms with van der Waals surface area (Å²) in [5.74, 6) is 0.588. The highest BCUT2D eigenvalue weighted by Crippen LogP contribution is 2.12. The summed E-state index contributed by atoms with van der Waals surface area (Å²) in [4.78, 5) is 0. The van der Waals surface area contributed by atoms with Crippen LogP contribution in [0.1, 0.15) is 26.7 Å². The number of hydrogen-bond acceptors (Lipinski definition) is 2. The zero-order chi connectivity index (χ0) is 8.10. The molecular weight excluding hydrogens is 140 g/mol. The van der Waals surface area contributed by atoms with Gasteiger partial charge in [0.15, 0.2) is 6.29 Å². The molecule has 1 aliphatic heterocycles. The lowest BCUT2D eigenvalue weighted by Crippen LogP contribution is -2.19. The molecule has 0 aliphatic carbocycles. The van der Waals surface area contributed by atoms with E-state index in [0.717, 1.165) is 19.4 Å².